The van der Waals surface area contributed by atoms with Crippen LogP contribution in [0.4, 0.5) is 0 Å². The van der Waals surface area contributed by atoms with Crippen molar-refractivity contribution in [1.29, 1.82) is 0 Å². The Hall–Kier alpha value is -1.15. The van der Waals surface area contributed by atoms with Gasteiger partial charge in [-0.2, -0.15) is 0 Å². The fourth-order valence-electron chi connectivity index (χ4n) is 10.7. The van der Waals surface area contributed by atoms with E-state index in [0.29, 0.717) is 17.8 Å². The van der Waals surface area contributed by atoms with Gasteiger partial charge in [-0.25, -0.2) is 0 Å². The lowest BCUT2D eigenvalue weighted by atomic mass is 9.43. The van der Waals surface area contributed by atoms with E-state index in [-0.39, 0.29) is 39.7 Å². The first-order chi connectivity index (χ1) is 21.2. The topological polar surface area (TPSA) is 89.9 Å². The second-order valence-electron chi connectivity index (χ2n) is 17.2. The molecule has 4 rings (SSSR count). The Morgan fingerprint density at radius 2 is 1.57 bits per heavy atom. The van der Waals surface area contributed by atoms with E-state index in [1.807, 2.05) is 13.8 Å². The summed E-state index contributed by atoms with van der Waals surface area (Å²) < 4.78 is 11.8. The number of allylic oxidation sites excluding steroid dienone is 2. The minimum Gasteiger partial charge on any atom is -0.480 e. The minimum absolute atomic E-state index is 0.00815. The zero-order valence-corrected chi connectivity index (χ0v) is 32.2. The highest BCUT2D eigenvalue weighted by Gasteiger charge is 2.63. The van der Waals surface area contributed by atoms with E-state index in [0.717, 1.165) is 32.1 Å². The molecule has 6 nitrogen and oxygen atoms in total. The number of carboxylic acids is 1. The van der Waals surface area contributed by atoms with Crippen LogP contribution in [0.15, 0.2) is 11.1 Å². The van der Waals surface area contributed by atoms with Crippen LogP contribution in [0, 0.1) is 39.4 Å². The van der Waals surface area contributed by atoms with Gasteiger partial charge < -0.3 is 14.6 Å². The van der Waals surface area contributed by atoms with Gasteiger partial charge in [0.1, 0.15) is 22.2 Å². The van der Waals surface area contributed by atoms with Crippen LogP contribution in [-0.4, -0.2) is 45.2 Å². The average Bonchev–Trinajstić information content (AvgIpc) is 3.23. The molecular weight excluding hydrogens is 617 g/mol. The molecule has 4 aliphatic rings. The molecule has 2 saturated carbocycles. The highest BCUT2D eigenvalue weighted by molar-refractivity contribution is 8.77. The molecule has 46 heavy (non-hydrogen) atoms. The molecule has 0 bridgehead atoms. The lowest BCUT2D eigenvalue weighted by Crippen LogP contribution is -2.55. The monoisotopic (exact) mass is 678 g/mol. The summed E-state index contributed by atoms with van der Waals surface area (Å²) in [6, 6.07) is 0. The first-order valence-electron chi connectivity index (χ1n) is 17.9. The molecule has 0 spiro atoms. The van der Waals surface area contributed by atoms with Gasteiger partial charge in [0.05, 0.1) is 0 Å². The summed E-state index contributed by atoms with van der Waals surface area (Å²) in [4.78, 5) is 35.8. The van der Waals surface area contributed by atoms with Crippen LogP contribution in [0.2, 0.25) is 0 Å². The molecule has 9 atom stereocenters. The molecule has 0 saturated heterocycles. The molecular formula is C38H62O6S2. The number of hydrogen-bond donors (Lipinski definition) is 1. The quantitative estimate of drug-likeness (QED) is 0.124. The number of hydrogen-bond acceptors (Lipinski definition) is 7. The molecule has 0 aliphatic heterocycles. The van der Waals surface area contributed by atoms with E-state index in [1.165, 1.54) is 60.1 Å². The predicted molar refractivity (Wildman–Crippen MR) is 190 cm³/mol. The van der Waals surface area contributed by atoms with Crippen molar-refractivity contribution in [2.45, 2.75) is 169 Å². The van der Waals surface area contributed by atoms with Crippen molar-refractivity contribution in [3.8, 4) is 0 Å². The van der Waals surface area contributed by atoms with Crippen LogP contribution in [0.3, 0.4) is 0 Å². The largest absolute Gasteiger partial charge is 0.480 e. The van der Waals surface area contributed by atoms with Crippen molar-refractivity contribution in [2.75, 3.05) is 0 Å². The molecule has 0 amide bonds. The highest BCUT2D eigenvalue weighted by Crippen LogP contribution is 2.72. The summed E-state index contributed by atoms with van der Waals surface area (Å²) in [6.45, 7) is 23.9. The second kappa shape index (κ2) is 13.6. The zero-order chi connectivity index (χ0) is 34.5. The SMILES string of the molecule is CC(=O)OC1CC[C@]2(C)C3=C(CC[C@H]2C1(C)C)[C@]1(C)CC[C@H]([C@H](C)CCCC(C)(C)OC(=O)C(C)SSC(C)C(=O)O)[C@@]1(C)CC3. The van der Waals surface area contributed by atoms with Gasteiger partial charge in [-0.1, -0.05) is 80.7 Å². The first-order valence-corrected chi connectivity index (χ1v) is 20.2. The predicted octanol–water partition coefficient (Wildman–Crippen LogP) is 10.0. The third kappa shape index (κ3) is 6.96. The maximum Gasteiger partial charge on any atom is 0.320 e. The highest BCUT2D eigenvalue weighted by atomic mass is 33.1. The minimum atomic E-state index is -0.875. The molecule has 0 aromatic carbocycles. The molecule has 4 aliphatic carbocycles. The fraction of sp³-hybridized carbons (Fsp3) is 0.868. The number of fused-ring (bicyclic) bond motifs is 4. The van der Waals surface area contributed by atoms with Gasteiger partial charge in [-0.3, -0.25) is 14.4 Å². The Bertz CT molecular complexity index is 1210. The van der Waals surface area contributed by atoms with Crippen molar-refractivity contribution in [3.05, 3.63) is 11.1 Å². The Balaban J connectivity index is 1.39. The number of ether oxygens (including phenoxy) is 2. The van der Waals surface area contributed by atoms with E-state index >= 15 is 0 Å². The zero-order valence-electron chi connectivity index (χ0n) is 30.5. The van der Waals surface area contributed by atoms with Crippen molar-refractivity contribution >= 4 is 39.5 Å². The Morgan fingerprint density at radius 1 is 0.913 bits per heavy atom. The van der Waals surface area contributed by atoms with Gasteiger partial charge in [0.25, 0.3) is 0 Å². The maximum absolute atomic E-state index is 12.8. The van der Waals surface area contributed by atoms with Crippen LogP contribution in [-0.2, 0) is 23.9 Å². The van der Waals surface area contributed by atoms with Crippen LogP contribution in [0.5, 0.6) is 0 Å². The Kier molecular flexibility index (Phi) is 11.2. The molecule has 0 heterocycles. The van der Waals surface area contributed by atoms with Crippen LogP contribution in [0.1, 0.15) is 147 Å². The van der Waals surface area contributed by atoms with Crippen molar-refractivity contribution in [1.82, 2.24) is 0 Å². The van der Waals surface area contributed by atoms with Gasteiger partial charge in [-0.15, -0.1) is 0 Å². The molecule has 2 fully saturated rings. The number of carboxylic acid groups (broad SMARTS) is 1. The second-order valence-corrected chi connectivity index (χ2v) is 20.1. The normalized spacial score (nSPS) is 35.7. The molecule has 8 heteroatoms. The van der Waals surface area contributed by atoms with Crippen LogP contribution >= 0.6 is 21.6 Å². The van der Waals surface area contributed by atoms with Crippen LogP contribution in [0.25, 0.3) is 0 Å². The molecule has 262 valence electrons. The molecule has 1 N–H and O–H groups in total. The fourth-order valence-corrected chi connectivity index (χ4v) is 12.8. The Labute approximate surface area is 287 Å². The van der Waals surface area contributed by atoms with E-state index in [4.69, 9.17) is 14.6 Å². The summed E-state index contributed by atoms with van der Waals surface area (Å²) in [5.41, 5.74) is 3.69. The van der Waals surface area contributed by atoms with Crippen molar-refractivity contribution in [2.24, 2.45) is 39.4 Å². The van der Waals surface area contributed by atoms with Gasteiger partial charge >= 0.3 is 17.9 Å². The van der Waals surface area contributed by atoms with Crippen molar-refractivity contribution in [3.63, 3.8) is 0 Å². The van der Waals surface area contributed by atoms with Gasteiger partial charge in [0.15, 0.2) is 0 Å². The summed E-state index contributed by atoms with van der Waals surface area (Å²) in [5.74, 6) is 0.524. The maximum atomic E-state index is 12.8. The summed E-state index contributed by atoms with van der Waals surface area (Å²) in [7, 11) is 2.47. The summed E-state index contributed by atoms with van der Waals surface area (Å²) >= 11 is 0. The summed E-state index contributed by atoms with van der Waals surface area (Å²) in [5, 5.41) is 8.13. The van der Waals surface area contributed by atoms with Gasteiger partial charge in [0, 0.05) is 12.3 Å². The van der Waals surface area contributed by atoms with E-state index in [2.05, 4.69) is 41.5 Å². The third-order valence-electron chi connectivity index (χ3n) is 13.6. The standard InChI is InChI=1S/C38H62O6S2/c1-23(13-12-19-34(5,6)44-33(42)25(3)46-45-24(2)32(40)41)27-16-21-38(11)29-14-15-30-35(7,8)31(43-26(4)39)18-20-36(30,9)28(29)17-22-37(27,38)10/h23-25,27,30-31H,12-22H2,1-11H3,(H,40,41)/t23-,24?,25?,27-,30+,31?,36-,37-,38+/m1/s1. The van der Waals surface area contributed by atoms with E-state index < -0.39 is 22.1 Å². The third-order valence-corrected chi connectivity index (χ3v) is 16.7. The summed E-state index contributed by atoms with van der Waals surface area (Å²) in [6.07, 6.45) is 12.4. The average molecular weight is 679 g/mol. The van der Waals surface area contributed by atoms with E-state index in [9.17, 15) is 14.4 Å². The van der Waals surface area contributed by atoms with Crippen LogP contribution < -0.4 is 0 Å². The number of rotatable bonds is 12. The molecule has 0 radical (unpaired) electrons. The van der Waals surface area contributed by atoms with Gasteiger partial charge in [-0.05, 0) is 126 Å². The van der Waals surface area contributed by atoms with Crippen molar-refractivity contribution < 1.29 is 29.0 Å². The molecule has 3 unspecified atom stereocenters. The van der Waals surface area contributed by atoms with Gasteiger partial charge in [0.2, 0.25) is 0 Å². The van der Waals surface area contributed by atoms with E-state index in [1.54, 1.807) is 31.9 Å². The number of esters is 2. The Morgan fingerprint density at radius 3 is 2.20 bits per heavy atom. The molecule has 0 aromatic rings. The number of carbonyl (C=O) groups is 3. The number of carbonyl (C=O) groups excluding carboxylic acids is 2. The molecule has 0 aromatic heterocycles. The lowest BCUT2D eigenvalue weighted by molar-refractivity contribution is -0.167. The lowest BCUT2D eigenvalue weighted by Gasteiger charge is -2.62. The smallest absolute Gasteiger partial charge is 0.320 e. The number of aliphatic carboxylic acids is 1. The first kappa shape index (κ1) is 37.7.